The zero-order chi connectivity index (χ0) is 21.7. The monoisotopic (exact) mass is 408 g/mol. The fourth-order valence-corrected chi connectivity index (χ4v) is 3.12. The minimum Gasteiger partial charge on any atom is -0.456 e. The van der Waals surface area contributed by atoms with E-state index in [1.807, 2.05) is 48.5 Å². The first-order valence-electron chi connectivity index (χ1n) is 9.59. The quantitative estimate of drug-likeness (QED) is 0.429. The van der Waals surface area contributed by atoms with Gasteiger partial charge in [-0.15, -0.1) is 0 Å². The molecule has 0 aromatic heterocycles. The van der Waals surface area contributed by atoms with Gasteiger partial charge in [0.05, 0.1) is 6.42 Å². The summed E-state index contributed by atoms with van der Waals surface area (Å²) in [7, 11) is 0. The molecular weight excluding hydrogens is 384 g/mol. The fourth-order valence-electron chi connectivity index (χ4n) is 3.12. The number of allylic oxidation sites excluding steroid dienone is 1. The third-order valence-electron chi connectivity index (χ3n) is 4.65. The molecule has 3 rings (SSSR count). The van der Waals surface area contributed by atoms with Gasteiger partial charge in [0.1, 0.15) is 18.3 Å². The Balaban J connectivity index is 1.69. The van der Waals surface area contributed by atoms with Crippen molar-refractivity contribution in [3.63, 3.8) is 0 Å². The van der Waals surface area contributed by atoms with E-state index in [1.165, 1.54) is 0 Å². The van der Waals surface area contributed by atoms with E-state index in [-0.39, 0.29) is 18.7 Å². The van der Waals surface area contributed by atoms with Crippen LogP contribution in [-0.2, 0) is 36.9 Å². The van der Waals surface area contributed by atoms with Gasteiger partial charge in [-0.3, -0.25) is 14.5 Å². The Morgan fingerprint density at radius 3 is 2.10 bits per heavy atom. The van der Waals surface area contributed by atoms with Crippen LogP contribution in [0.2, 0.25) is 0 Å². The van der Waals surface area contributed by atoms with Crippen LogP contribution in [0.5, 0.6) is 0 Å². The van der Waals surface area contributed by atoms with E-state index in [9.17, 15) is 14.4 Å². The average molecular weight is 408 g/mol. The number of β-lactam (4-membered cyclic amide) rings is 1. The van der Waals surface area contributed by atoms with E-state index in [1.54, 1.807) is 26.0 Å². The molecule has 0 aliphatic carbocycles. The summed E-state index contributed by atoms with van der Waals surface area (Å²) in [4.78, 5) is 38.6. The molecule has 1 saturated heterocycles. The van der Waals surface area contributed by atoms with Crippen molar-refractivity contribution in [3.05, 3.63) is 83.1 Å². The molecule has 2 atom stereocenters. The van der Waals surface area contributed by atoms with Gasteiger partial charge in [0.25, 0.3) is 5.91 Å². The molecule has 2 N–H and O–H groups in total. The summed E-state index contributed by atoms with van der Waals surface area (Å²) in [6.07, 6.45) is -1.02. The predicted octanol–water partition coefficient (Wildman–Crippen LogP) is 2.31. The maximum Gasteiger partial charge on any atom is 0.355 e. The molecule has 1 heterocycles. The zero-order valence-electron chi connectivity index (χ0n) is 16.9. The smallest absolute Gasteiger partial charge is 0.355 e. The summed E-state index contributed by atoms with van der Waals surface area (Å²) >= 11 is 0. The van der Waals surface area contributed by atoms with Crippen molar-refractivity contribution in [1.82, 2.24) is 4.90 Å². The second-order valence-corrected chi connectivity index (χ2v) is 7.19. The maximum absolute atomic E-state index is 12.7. The zero-order valence-corrected chi connectivity index (χ0v) is 16.9. The van der Waals surface area contributed by atoms with Crippen molar-refractivity contribution in [2.75, 3.05) is 0 Å². The minimum atomic E-state index is -1.05. The van der Waals surface area contributed by atoms with E-state index in [2.05, 4.69) is 0 Å². The van der Waals surface area contributed by atoms with Crippen LogP contribution in [0.15, 0.2) is 71.9 Å². The lowest BCUT2D eigenvalue weighted by atomic mass is 10.0. The summed E-state index contributed by atoms with van der Waals surface area (Å²) in [6, 6.07) is 17.2. The number of rotatable bonds is 7. The number of benzene rings is 2. The highest BCUT2D eigenvalue weighted by atomic mass is 16.6. The lowest BCUT2D eigenvalue weighted by Crippen LogP contribution is -2.70. The van der Waals surface area contributed by atoms with Crippen LogP contribution in [0.1, 0.15) is 25.0 Å². The average Bonchev–Trinajstić information content (AvgIpc) is 2.75. The molecule has 1 aliphatic heterocycles. The van der Waals surface area contributed by atoms with Crippen molar-refractivity contribution < 1.29 is 23.9 Å². The van der Waals surface area contributed by atoms with Gasteiger partial charge in [0.15, 0.2) is 0 Å². The van der Waals surface area contributed by atoms with Crippen LogP contribution in [-0.4, -0.2) is 35.0 Å². The maximum atomic E-state index is 12.7. The van der Waals surface area contributed by atoms with Gasteiger partial charge < -0.3 is 15.2 Å². The largest absolute Gasteiger partial charge is 0.456 e. The first-order chi connectivity index (χ1) is 14.4. The fraction of sp³-hybridized carbons (Fsp3) is 0.261. The second kappa shape index (κ2) is 9.37. The molecule has 0 saturated carbocycles. The number of carbonyl (C=O) groups excluding carboxylic acids is 3. The molecule has 0 bridgehead atoms. The third-order valence-corrected chi connectivity index (χ3v) is 4.65. The van der Waals surface area contributed by atoms with Crippen LogP contribution in [0.25, 0.3) is 0 Å². The summed E-state index contributed by atoms with van der Waals surface area (Å²) in [5.41, 5.74) is 8.04. The van der Waals surface area contributed by atoms with Crippen LogP contribution in [0, 0.1) is 0 Å². The Bertz CT molecular complexity index is 952. The van der Waals surface area contributed by atoms with Gasteiger partial charge in [-0.2, -0.15) is 0 Å². The van der Waals surface area contributed by atoms with E-state index in [0.717, 1.165) is 16.0 Å². The molecule has 2 aromatic carbocycles. The number of nitrogens with two attached hydrogens (primary N) is 1. The van der Waals surface area contributed by atoms with Crippen molar-refractivity contribution in [2.45, 2.75) is 39.1 Å². The van der Waals surface area contributed by atoms with E-state index in [4.69, 9.17) is 15.2 Å². The third kappa shape index (κ3) is 4.75. The van der Waals surface area contributed by atoms with Gasteiger partial charge in [-0.05, 0) is 30.5 Å². The topological polar surface area (TPSA) is 98.9 Å². The lowest BCUT2D eigenvalue weighted by Gasteiger charge is -2.44. The SMILES string of the molecule is CC(C)=C(C(=O)OCc1ccccc1)N1C(=O)[C@@H](N)[C@H]1OC(=O)Cc1ccccc1. The molecule has 7 nitrogen and oxygen atoms in total. The summed E-state index contributed by atoms with van der Waals surface area (Å²) in [6.45, 7) is 3.42. The second-order valence-electron chi connectivity index (χ2n) is 7.19. The molecule has 1 amide bonds. The van der Waals surface area contributed by atoms with Gasteiger partial charge >= 0.3 is 11.9 Å². The number of carbonyl (C=O) groups is 3. The van der Waals surface area contributed by atoms with Crippen molar-refractivity contribution in [2.24, 2.45) is 5.73 Å². The molecule has 30 heavy (non-hydrogen) atoms. The molecule has 0 spiro atoms. The summed E-state index contributed by atoms with van der Waals surface area (Å²) < 4.78 is 10.8. The highest BCUT2D eigenvalue weighted by Gasteiger charge is 2.51. The number of ether oxygens (including phenoxy) is 2. The van der Waals surface area contributed by atoms with Gasteiger partial charge in [-0.25, -0.2) is 4.79 Å². The number of hydrogen-bond donors (Lipinski definition) is 1. The molecule has 0 unspecified atom stereocenters. The van der Waals surface area contributed by atoms with Gasteiger partial charge in [0, 0.05) is 0 Å². The van der Waals surface area contributed by atoms with Crippen LogP contribution in [0.4, 0.5) is 0 Å². The Hall–Kier alpha value is -3.45. The summed E-state index contributed by atoms with van der Waals surface area (Å²) in [5, 5.41) is 0. The predicted molar refractivity (Wildman–Crippen MR) is 109 cm³/mol. The first kappa shape index (κ1) is 21.3. The highest BCUT2D eigenvalue weighted by Crippen LogP contribution is 2.28. The van der Waals surface area contributed by atoms with E-state index in [0.29, 0.717) is 5.57 Å². The van der Waals surface area contributed by atoms with Crippen molar-refractivity contribution >= 4 is 17.8 Å². The summed E-state index contributed by atoms with van der Waals surface area (Å²) in [5.74, 6) is -1.71. The first-order valence-corrected chi connectivity index (χ1v) is 9.59. The molecule has 0 radical (unpaired) electrons. The number of likely N-dealkylation sites (tertiary alicyclic amines) is 1. The van der Waals surface area contributed by atoms with Crippen LogP contribution < -0.4 is 5.73 Å². The number of esters is 2. The Morgan fingerprint density at radius 1 is 0.967 bits per heavy atom. The molecular formula is C23H24N2O5. The minimum absolute atomic E-state index is 0.0364. The van der Waals surface area contributed by atoms with E-state index >= 15 is 0 Å². The Labute approximate surface area is 175 Å². The molecule has 1 fully saturated rings. The van der Waals surface area contributed by atoms with Crippen molar-refractivity contribution in [3.8, 4) is 0 Å². The van der Waals surface area contributed by atoms with Gasteiger partial charge in [-0.1, -0.05) is 60.7 Å². The Kier molecular flexibility index (Phi) is 6.64. The molecule has 2 aromatic rings. The van der Waals surface area contributed by atoms with Crippen LogP contribution in [0.3, 0.4) is 0 Å². The highest BCUT2D eigenvalue weighted by molar-refractivity contribution is 6.00. The number of amides is 1. The number of nitrogens with zero attached hydrogens (tertiary/aromatic N) is 1. The standard InChI is InChI=1S/C23H24N2O5/c1-15(2)20(23(28)29-14-17-11-7-4-8-12-17)25-21(27)19(24)22(25)30-18(26)13-16-9-5-3-6-10-16/h3-12,19,22H,13-14,24H2,1-2H3/t19-,22-/m1/s1. The van der Waals surface area contributed by atoms with Gasteiger partial charge in [0.2, 0.25) is 6.23 Å². The van der Waals surface area contributed by atoms with Crippen LogP contribution >= 0.6 is 0 Å². The molecule has 7 heteroatoms. The van der Waals surface area contributed by atoms with E-state index < -0.39 is 30.1 Å². The van der Waals surface area contributed by atoms with Crippen molar-refractivity contribution in [1.29, 1.82) is 0 Å². The normalized spacial score (nSPS) is 17.7. The number of hydrogen-bond acceptors (Lipinski definition) is 6. The Morgan fingerprint density at radius 2 is 1.53 bits per heavy atom. The molecule has 1 aliphatic rings. The lowest BCUT2D eigenvalue weighted by molar-refractivity contribution is -0.186. The molecule has 156 valence electrons.